The number of carbonyl (C=O) groups excluding carboxylic acids is 1. The molecule has 1 atom stereocenters. The average molecular weight is 365 g/mol. The first-order valence-corrected chi connectivity index (χ1v) is 9.19. The fraction of sp³-hybridized carbons (Fsp3) is 0.529. The smallest absolute Gasteiger partial charge is 0.308 e. The van der Waals surface area contributed by atoms with Crippen molar-refractivity contribution in [3.63, 3.8) is 0 Å². The van der Waals surface area contributed by atoms with Gasteiger partial charge in [0.15, 0.2) is 0 Å². The number of carboxylic acids is 1. The first kappa shape index (κ1) is 19.1. The third-order valence-corrected chi connectivity index (χ3v) is 4.52. The lowest BCUT2D eigenvalue weighted by atomic mass is 9.97. The molecule has 0 saturated carbocycles. The summed E-state index contributed by atoms with van der Waals surface area (Å²) in [7, 11) is 0. The lowest BCUT2D eigenvalue weighted by Gasteiger charge is -2.15. The van der Waals surface area contributed by atoms with Crippen LogP contribution in [0.4, 0.5) is 0 Å². The number of thiophene rings is 1. The van der Waals surface area contributed by atoms with Gasteiger partial charge in [-0.25, -0.2) is 0 Å². The molecule has 2 rings (SSSR count). The quantitative estimate of drug-likeness (QED) is 0.670. The van der Waals surface area contributed by atoms with Gasteiger partial charge in [-0.3, -0.25) is 9.59 Å². The molecule has 0 radical (unpaired) electrons. The molecule has 0 aliphatic rings. The average Bonchev–Trinajstić information content (AvgIpc) is 3.21. The minimum absolute atomic E-state index is 0.159. The van der Waals surface area contributed by atoms with Crippen LogP contribution in [-0.4, -0.2) is 33.7 Å². The van der Waals surface area contributed by atoms with Crippen LogP contribution in [0.15, 0.2) is 22.0 Å². The number of nitrogens with one attached hydrogen (secondary N) is 1. The second kappa shape index (κ2) is 9.31. The molecule has 0 fully saturated rings. The molecule has 2 N–H and O–H groups in total. The van der Waals surface area contributed by atoms with Crippen molar-refractivity contribution in [3.8, 4) is 10.7 Å². The monoisotopic (exact) mass is 365 g/mol. The number of aryl methyl sites for hydroxylation is 1. The molecule has 1 amide bonds. The number of hydrogen-bond donors (Lipinski definition) is 2. The maximum absolute atomic E-state index is 11.9. The second-order valence-corrected chi connectivity index (χ2v) is 7.26. The molecule has 2 aromatic rings. The fourth-order valence-electron chi connectivity index (χ4n) is 2.43. The normalized spacial score (nSPS) is 12.3. The van der Waals surface area contributed by atoms with Crippen LogP contribution in [0.25, 0.3) is 10.7 Å². The van der Waals surface area contributed by atoms with Crippen LogP contribution < -0.4 is 5.32 Å². The zero-order valence-electron chi connectivity index (χ0n) is 14.4. The Kier molecular flexibility index (Phi) is 7.12. The van der Waals surface area contributed by atoms with Crippen LogP contribution in [-0.2, 0) is 16.0 Å². The van der Waals surface area contributed by atoms with Crippen LogP contribution >= 0.6 is 11.3 Å². The first-order valence-electron chi connectivity index (χ1n) is 8.31. The summed E-state index contributed by atoms with van der Waals surface area (Å²) in [4.78, 5) is 28.3. The minimum Gasteiger partial charge on any atom is -0.481 e. The molecule has 0 aliphatic carbocycles. The second-order valence-electron chi connectivity index (χ2n) is 6.31. The van der Waals surface area contributed by atoms with Crippen molar-refractivity contribution in [1.29, 1.82) is 0 Å². The zero-order valence-corrected chi connectivity index (χ0v) is 15.2. The summed E-state index contributed by atoms with van der Waals surface area (Å²) in [5.74, 6) is -0.248. The number of amides is 1. The van der Waals surface area contributed by atoms with Gasteiger partial charge in [-0.15, -0.1) is 11.3 Å². The Balaban J connectivity index is 1.71. The van der Waals surface area contributed by atoms with Gasteiger partial charge in [-0.05, 0) is 30.2 Å². The van der Waals surface area contributed by atoms with E-state index in [-0.39, 0.29) is 18.4 Å². The van der Waals surface area contributed by atoms with Gasteiger partial charge in [0, 0.05) is 19.4 Å². The van der Waals surface area contributed by atoms with Gasteiger partial charge < -0.3 is 14.9 Å². The van der Waals surface area contributed by atoms with Gasteiger partial charge in [0.1, 0.15) is 0 Å². The Hall–Kier alpha value is -2.22. The van der Waals surface area contributed by atoms with E-state index >= 15 is 0 Å². The highest BCUT2D eigenvalue weighted by Gasteiger charge is 2.19. The predicted octanol–water partition coefficient (Wildman–Crippen LogP) is 2.98. The van der Waals surface area contributed by atoms with Crippen molar-refractivity contribution in [2.24, 2.45) is 11.8 Å². The molecule has 7 nitrogen and oxygen atoms in total. The third kappa shape index (κ3) is 6.30. The molecule has 136 valence electrons. The van der Waals surface area contributed by atoms with Gasteiger partial charge in [0.05, 0.1) is 10.8 Å². The number of aromatic nitrogens is 2. The van der Waals surface area contributed by atoms with E-state index in [9.17, 15) is 9.59 Å². The van der Waals surface area contributed by atoms with Crippen molar-refractivity contribution in [2.75, 3.05) is 6.54 Å². The van der Waals surface area contributed by atoms with E-state index in [0.29, 0.717) is 37.4 Å². The summed E-state index contributed by atoms with van der Waals surface area (Å²) in [5.41, 5.74) is 0. The SMILES string of the molecule is CC(C)CC(CNC(=O)CCCc1nc(-c2cccs2)no1)C(=O)O. The number of nitrogens with zero attached hydrogens (tertiary/aromatic N) is 2. The summed E-state index contributed by atoms with van der Waals surface area (Å²) >= 11 is 1.54. The molecular formula is C17H23N3O4S. The Morgan fingerprint density at radius 3 is 2.84 bits per heavy atom. The highest BCUT2D eigenvalue weighted by molar-refractivity contribution is 7.13. The van der Waals surface area contributed by atoms with Crippen LogP contribution in [0.1, 0.15) is 39.0 Å². The largest absolute Gasteiger partial charge is 0.481 e. The molecule has 1 unspecified atom stereocenters. The number of carboxylic acid groups (broad SMARTS) is 1. The van der Waals surface area contributed by atoms with Gasteiger partial charge in [-0.1, -0.05) is 25.1 Å². The summed E-state index contributed by atoms with van der Waals surface area (Å²) in [6.45, 7) is 4.09. The highest BCUT2D eigenvalue weighted by Crippen LogP contribution is 2.21. The van der Waals surface area contributed by atoms with E-state index in [1.165, 1.54) is 11.3 Å². The molecule has 0 saturated heterocycles. The van der Waals surface area contributed by atoms with Crippen molar-refractivity contribution in [3.05, 3.63) is 23.4 Å². The maximum atomic E-state index is 11.9. The van der Waals surface area contributed by atoms with E-state index in [1.807, 2.05) is 31.4 Å². The molecule has 8 heteroatoms. The van der Waals surface area contributed by atoms with E-state index in [1.54, 1.807) is 0 Å². The van der Waals surface area contributed by atoms with Gasteiger partial charge in [0.25, 0.3) is 0 Å². The predicted molar refractivity (Wildman–Crippen MR) is 94.1 cm³/mol. The third-order valence-electron chi connectivity index (χ3n) is 3.65. The summed E-state index contributed by atoms with van der Waals surface area (Å²) < 4.78 is 5.18. The highest BCUT2D eigenvalue weighted by atomic mass is 32.1. The summed E-state index contributed by atoms with van der Waals surface area (Å²) in [6, 6.07) is 3.84. The lowest BCUT2D eigenvalue weighted by Crippen LogP contribution is -2.33. The molecule has 0 aromatic carbocycles. The molecule has 25 heavy (non-hydrogen) atoms. The molecule has 2 aromatic heterocycles. The topological polar surface area (TPSA) is 105 Å². The molecule has 0 aliphatic heterocycles. The standard InChI is InChI=1S/C17H23N3O4S/c1-11(2)9-12(17(22)23)10-18-14(21)6-3-7-15-19-16(20-24-15)13-5-4-8-25-13/h4-5,8,11-12H,3,6-7,9-10H2,1-2H3,(H,18,21)(H,22,23). The summed E-state index contributed by atoms with van der Waals surface area (Å²) in [5, 5.41) is 17.7. The van der Waals surface area contributed by atoms with Crippen LogP contribution in [0.3, 0.4) is 0 Å². The maximum Gasteiger partial charge on any atom is 0.308 e. The van der Waals surface area contributed by atoms with E-state index in [4.69, 9.17) is 9.63 Å². The molecule has 0 bridgehead atoms. The van der Waals surface area contributed by atoms with Crippen LogP contribution in [0.5, 0.6) is 0 Å². The van der Waals surface area contributed by atoms with E-state index < -0.39 is 11.9 Å². The number of hydrogen-bond acceptors (Lipinski definition) is 6. The molecule has 0 spiro atoms. The Morgan fingerprint density at radius 2 is 2.20 bits per heavy atom. The van der Waals surface area contributed by atoms with Crippen molar-refractivity contribution >= 4 is 23.2 Å². The van der Waals surface area contributed by atoms with Crippen LogP contribution in [0.2, 0.25) is 0 Å². The number of aliphatic carboxylic acids is 1. The van der Waals surface area contributed by atoms with Crippen molar-refractivity contribution in [2.45, 2.75) is 39.5 Å². The van der Waals surface area contributed by atoms with E-state index in [2.05, 4.69) is 15.5 Å². The first-order chi connectivity index (χ1) is 12.0. The van der Waals surface area contributed by atoms with Gasteiger partial charge in [0.2, 0.25) is 17.6 Å². The van der Waals surface area contributed by atoms with E-state index in [0.717, 1.165) is 4.88 Å². The lowest BCUT2D eigenvalue weighted by molar-refractivity contribution is -0.142. The minimum atomic E-state index is -0.874. The number of rotatable bonds is 10. The zero-order chi connectivity index (χ0) is 18.2. The molecular weight excluding hydrogens is 342 g/mol. The van der Waals surface area contributed by atoms with Gasteiger partial charge in [-0.2, -0.15) is 4.98 Å². The van der Waals surface area contributed by atoms with Crippen molar-refractivity contribution < 1.29 is 19.2 Å². The van der Waals surface area contributed by atoms with Crippen molar-refractivity contribution in [1.82, 2.24) is 15.5 Å². The Bertz CT molecular complexity index is 682. The Labute approximate surface area is 150 Å². The fourth-order valence-corrected chi connectivity index (χ4v) is 3.08. The van der Waals surface area contributed by atoms with Crippen LogP contribution in [0, 0.1) is 11.8 Å². The summed E-state index contributed by atoms with van der Waals surface area (Å²) in [6.07, 6.45) is 1.92. The Morgan fingerprint density at radius 1 is 1.40 bits per heavy atom. The number of carbonyl (C=O) groups is 2. The molecule has 2 heterocycles. The van der Waals surface area contributed by atoms with Gasteiger partial charge >= 0.3 is 5.97 Å².